The Morgan fingerprint density at radius 3 is 2.42 bits per heavy atom. The Bertz CT molecular complexity index is 324. The summed E-state index contributed by atoms with van der Waals surface area (Å²) in [7, 11) is 3.85. The summed E-state index contributed by atoms with van der Waals surface area (Å²) in [5.74, 6) is 0.916. The summed E-state index contributed by atoms with van der Waals surface area (Å²) in [4.78, 5) is 2.30. The molecule has 3 nitrogen and oxygen atoms in total. The maximum Gasteiger partial charge on any atom is 0.119 e. The molecule has 0 saturated heterocycles. The van der Waals surface area contributed by atoms with E-state index in [9.17, 15) is 0 Å². The lowest BCUT2D eigenvalue weighted by molar-refractivity contribution is 0.415. The minimum atomic E-state index is 0.916. The van der Waals surface area contributed by atoms with Gasteiger partial charge in [0.15, 0.2) is 0 Å². The highest BCUT2D eigenvalue weighted by atomic mass is 16.5. The number of nitrogens with one attached hydrogen (secondary N) is 1. The first-order chi connectivity index (χ1) is 9.27. The van der Waals surface area contributed by atoms with Crippen molar-refractivity contribution in [2.24, 2.45) is 0 Å². The number of hydrogen-bond donors (Lipinski definition) is 1. The molecule has 0 heterocycles. The normalized spacial score (nSPS) is 10.5. The molecule has 1 rings (SSSR count). The molecule has 0 saturated carbocycles. The average Bonchev–Trinajstić information content (AvgIpc) is 2.46. The quantitative estimate of drug-likeness (QED) is 0.656. The summed E-state index contributed by atoms with van der Waals surface area (Å²) in [6.45, 7) is 5.61. The molecular weight excluding hydrogens is 236 g/mol. The van der Waals surface area contributed by atoms with Crippen LogP contribution in [0.4, 0.5) is 5.69 Å². The Morgan fingerprint density at radius 2 is 1.79 bits per heavy atom. The Kier molecular flexibility index (Phi) is 8.07. The van der Waals surface area contributed by atoms with Gasteiger partial charge in [0.2, 0.25) is 0 Å². The van der Waals surface area contributed by atoms with E-state index in [1.807, 2.05) is 12.1 Å². The summed E-state index contributed by atoms with van der Waals surface area (Å²) in [5, 5.41) is 3.44. The van der Waals surface area contributed by atoms with Gasteiger partial charge in [0.1, 0.15) is 5.75 Å². The zero-order valence-electron chi connectivity index (χ0n) is 12.6. The van der Waals surface area contributed by atoms with Gasteiger partial charge in [-0.3, -0.25) is 0 Å². The van der Waals surface area contributed by atoms with E-state index in [0.29, 0.717) is 0 Å². The Morgan fingerprint density at radius 1 is 1.05 bits per heavy atom. The molecule has 0 radical (unpaired) electrons. The number of rotatable bonds is 10. The molecule has 0 aliphatic rings. The van der Waals surface area contributed by atoms with E-state index in [1.54, 1.807) is 7.11 Å². The number of nitrogens with zero attached hydrogens (tertiary/aromatic N) is 1. The molecule has 3 heteroatoms. The van der Waals surface area contributed by atoms with Crippen LogP contribution in [0.2, 0.25) is 0 Å². The van der Waals surface area contributed by atoms with Crippen LogP contribution >= 0.6 is 0 Å². The molecule has 0 aliphatic heterocycles. The van der Waals surface area contributed by atoms with Crippen molar-refractivity contribution in [1.29, 1.82) is 0 Å². The van der Waals surface area contributed by atoms with Crippen LogP contribution < -0.4 is 15.0 Å². The monoisotopic (exact) mass is 264 g/mol. The fourth-order valence-corrected chi connectivity index (χ4v) is 2.04. The number of benzene rings is 1. The lowest BCUT2D eigenvalue weighted by Gasteiger charge is -2.19. The van der Waals surface area contributed by atoms with Gasteiger partial charge < -0.3 is 15.0 Å². The van der Waals surface area contributed by atoms with Crippen LogP contribution in [0.1, 0.15) is 32.6 Å². The van der Waals surface area contributed by atoms with E-state index in [-0.39, 0.29) is 0 Å². The fraction of sp³-hybridized carbons (Fsp3) is 0.625. The molecule has 0 unspecified atom stereocenters. The summed E-state index contributed by atoms with van der Waals surface area (Å²) < 4.78 is 5.17. The van der Waals surface area contributed by atoms with Crippen molar-refractivity contribution < 1.29 is 4.74 Å². The lowest BCUT2D eigenvalue weighted by Crippen LogP contribution is -2.19. The third-order valence-corrected chi connectivity index (χ3v) is 3.29. The minimum Gasteiger partial charge on any atom is -0.497 e. The van der Waals surface area contributed by atoms with Gasteiger partial charge in [0.05, 0.1) is 7.11 Å². The van der Waals surface area contributed by atoms with Crippen LogP contribution in [-0.4, -0.2) is 33.8 Å². The highest BCUT2D eigenvalue weighted by molar-refractivity contribution is 5.48. The summed E-state index contributed by atoms with van der Waals surface area (Å²) in [5.41, 5.74) is 1.25. The zero-order chi connectivity index (χ0) is 13.9. The minimum absolute atomic E-state index is 0.916. The Labute approximate surface area is 118 Å². The van der Waals surface area contributed by atoms with Gasteiger partial charge in [-0.25, -0.2) is 0 Å². The van der Waals surface area contributed by atoms with Crippen LogP contribution in [0.15, 0.2) is 24.3 Å². The first kappa shape index (κ1) is 15.8. The number of methoxy groups -OCH3 is 1. The summed E-state index contributed by atoms with van der Waals surface area (Å²) >= 11 is 0. The van der Waals surface area contributed by atoms with Crippen molar-refractivity contribution in [2.75, 3.05) is 38.7 Å². The standard InChI is InChI=1S/C16H28N2O/c1-4-12-17-13-6-5-7-14-18(2)15-8-10-16(19-3)11-9-15/h8-11,17H,4-7,12-14H2,1-3H3. The van der Waals surface area contributed by atoms with Crippen LogP contribution in [-0.2, 0) is 0 Å². The molecule has 0 amide bonds. The first-order valence-electron chi connectivity index (χ1n) is 7.34. The van der Waals surface area contributed by atoms with Gasteiger partial charge in [-0.15, -0.1) is 0 Å². The SMILES string of the molecule is CCCNCCCCCN(C)c1ccc(OC)cc1. The zero-order valence-corrected chi connectivity index (χ0v) is 12.6. The molecule has 1 aromatic carbocycles. The van der Waals surface area contributed by atoms with Crippen LogP contribution in [0.3, 0.4) is 0 Å². The molecule has 0 bridgehead atoms. The maximum atomic E-state index is 5.17. The van der Waals surface area contributed by atoms with Crippen molar-refractivity contribution in [3.05, 3.63) is 24.3 Å². The van der Waals surface area contributed by atoms with Gasteiger partial charge >= 0.3 is 0 Å². The number of hydrogen-bond acceptors (Lipinski definition) is 3. The first-order valence-corrected chi connectivity index (χ1v) is 7.34. The van der Waals surface area contributed by atoms with Gasteiger partial charge in [-0.05, 0) is 56.6 Å². The Balaban J connectivity index is 2.14. The second kappa shape index (κ2) is 9.68. The second-order valence-corrected chi connectivity index (χ2v) is 4.93. The van der Waals surface area contributed by atoms with E-state index in [2.05, 4.69) is 36.3 Å². The molecule has 0 aromatic heterocycles. The van der Waals surface area contributed by atoms with Crippen molar-refractivity contribution in [3.8, 4) is 5.75 Å². The van der Waals surface area contributed by atoms with E-state index < -0.39 is 0 Å². The maximum absolute atomic E-state index is 5.17. The van der Waals surface area contributed by atoms with E-state index in [4.69, 9.17) is 4.74 Å². The van der Waals surface area contributed by atoms with E-state index in [0.717, 1.165) is 25.4 Å². The smallest absolute Gasteiger partial charge is 0.119 e. The molecule has 1 aromatic rings. The van der Waals surface area contributed by atoms with Gasteiger partial charge in [0.25, 0.3) is 0 Å². The van der Waals surface area contributed by atoms with E-state index in [1.165, 1.54) is 31.4 Å². The molecule has 0 fully saturated rings. The molecule has 0 spiro atoms. The molecular formula is C16H28N2O. The number of ether oxygens (including phenoxy) is 1. The predicted molar refractivity (Wildman–Crippen MR) is 83.3 cm³/mol. The van der Waals surface area contributed by atoms with Crippen molar-refractivity contribution in [2.45, 2.75) is 32.6 Å². The number of anilines is 1. The van der Waals surface area contributed by atoms with Crippen molar-refractivity contribution in [1.82, 2.24) is 5.32 Å². The van der Waals surface area contributed by atoms with Crippen LogP contribution in [0.25, 0.3) is 0 Å². The second-order valence-electron chi connectivity index (χ2n) is 4.93. The molecule has 0 aliphatic carbocycles. The lowest BCUT2D eigenvalue weighted by atomic mass is 10.2. The highest BCUT2D eigenvalue weighted by Gasteiger charge is 2.00. The number of unbranched alkanes of at least 4 members (excludes halogenated alkanes) is 2. The summed E-state index contributed by atoms with van der Waals surface area (Å²) in [6, 6.07) is 8.25. The topological polar surface area (TPSA) is 24.5 Å². The molecule has 19 heavy (non-hydrogen) atoms. The molecule has 0 atom stereocenters. The fourth-order valence-electron chi connectivity index (χ4n) is 2.04. The van der Waals surface area contributed by atoms with Crippen LogP contribution in [0, 0.1) is 0 Å². The predicted octanol–water partition coefficient (Wildman–Crippen LogP) is 3.30. The van der Waals surface area contributed by atoms with Crippen molar-refractivity contribution >= 4 is 5.69 Å². The van der Waals surface area contributed by atoms with E-state index >= 15 is 0 Å². The third kappa shape index (κ3) is 6.48. The van der Waals surface area contributed by atoms with Gasteiger partial charge in [-0.2, -0.15) is 0 Å². The Hall–Kier alpha value is -1.22. The summed E-state index contributed by atoms with van der Waals surface area (Å²) in [6.07, 6.45) is 5.03. The molecule has 1 N–H and O–H groups in total. The third-order valence-electron chi connectivity index (χ3n) is 3.29. The van der Waals surface area contributed by atoms with Crippen molar-refractivity contribution in [3.63, 3.8) is 0 Å². The largest absolute Gasteiger partial charge is 0.497 e. The molecule has 108 valence electrons. The average molecular weight is 264 g/mol. The van der Waals surface area contributed by atoms with Crippen LogP contribution in [0.5, 0.6) is 5.75 Å². The van der Waals surface area contributed by atoms with Gasteiger partial charge in [0, 0.05) is 19.3 Å². The van der Waals surface area contributed by atoms with Gasteiger partial charge in [-0.1, -0.05) is 13.3 Å². The highest BCUT2D eigenvalue weighted by Crippen LogP contribution is 2.18.